The number of benzene rings is 1. The van der Waals surface area contributed by atoms with Gasteiger partial charge >= 0.3 is 0 Å². The summed E-state index contributed by atoms with van der Waals surface area (Å²) in [5, 5.41) is 0. The van der Waals surface area contributed by atoms with Crippen LogP contribution in [-0.2, 0) is 6.54 Å². The summed E-state index contributed by atoms with van der Waals surface area (Å²) >= 11 is 0. The van der Waals surface area contributed by atoms with Crippen LogP contribution in [0.4, 0.5) is 0 Å². The van der Waals surface area contributed by atoms with E-state index in [4.69, 9.17) is 0 Å². The minimum atomic E-state index is 1.06. The van der Waals surface area contributed by atoms with Crippen LogP contribution >= 0.6 is 0 Å². The summed E-state index contributed by atoms with van der Waals surface area (Å²) in [7, 11) is 0. The Balaban J connectivity index is 1.89. The van der Waals surface area contributed by atoms with Gasteiger partial charge in [-0.2, -0.15) is 0 Å². The van der Waals surface area contributed by atoms with E-state index in [9.17, 15) is 0 Å². The Labute approximate surface area is 103 Å². The second kappa shape index (κ2) is 4.70. The van der Waals surface area contributed by atoms with Crippen LogP contribution in [0.1, 0.15) is 24.8 Å². The standard InChI is InChI=1S/C16H18N/c1-2-7-14(8-3-1)13-17-12-6-10-15-9-4-5-11-16(15)17/h1-5,7-9H,6,10-13H2/q+1. The van der Waals surface area contributed by atoms with E-state index in [1.54, 1.807) is 11.3 Å². The van der Waals surface area contributed by atoms with Gasteiger partial charge in [0.1, 0.15) is 6.54 Å². The Morgan fingerprint density at radius 1 is 1.12 bits per heavy atom. The van der Waals surface area contributed by atoms with Crippen LogP contribution in [0.25, 0.3) is 0 Å². The molecule has 1 aliphatic heterocycles. The number of allylic oxidation sites excluding steroid dienone is 4. The van der Waals surface area contributed by atoms with Crippen molar-refractivity contribution < 1.29 is 4.58 Å². The van der Waals surface area contributed by atoms with Crippen molar-refractivity contribution >= 4 is 5.71 Å². The molecule has 1 aromatic carbocycles. The maximum absolute atomic E-state index is 2.55. The Hall–Kier alpha value is -1.63. The first kappa shape index (κ1) is 10.5. The molecule has 0 saturated carbocycles. The summed E-state index contributed by atoms with van der Waals surface area (Å²) in [4.78, 5) is 0. The minimum absolute atomic E-state index is 1.06. The van der Waals surface area contributed by atoms with Crippen LogP contribution in [0.3, 0.4) is 0 Å². The second-order valence-corrected chi connectivity index (χ2v) is 4.78. The van der Waals surface area contributed by atoms with Gasteiger partial charge < -0.3 is 0 Å². The van der Waals surface area contributed by atoms with Gasteiger partial charge in [-0.15, -0.1) is 0 Å². The fraction of sp³-hybridized carbons (Fsp3) is 0.312. The molecule has 86 valence electrons. The molecule has 17 heavy (non-hydrogen) atoms. The van der Waals surface area contributed by atoms with E-state index in [0.717, 1.165) is 13.0 Å². The lowest BCUT2D eigenvalue weighted by atomic mass is 9.94. The predicted molar refractivity (Wildman–Crippen MR) is 71.4 cm³/mol. The fourth-order valence-corrected chi connectivity index (χ4v) is 2.72. The Morgan fingerprint density at radius 3 is 2.88 bits per heavy atom. The quantitative estimate of drug-likeness (QED) is 0.678. The smallest absolute Gasteiger partial charge is 0.183 e. The Morgan fingerprint density at radius 2 is 2.00 bits per heavy atom. The van der Waals surface area contributed by atoms with E-state index in [2.05, 4.69) is 53.1 Å². The normalized spacial score (nSPS) is 18.9. The molecule has 0 spiro atoms. The summed E-state index contributed by atoms with van der Waals surface area (Å²) in [6.45, 7) is 2.26. The predicted octanol–water partition coefficient (Wildman–Crippen LogP) is 3.32. The zero-order chi connectivity index (χ0) is 11.5. The minimum Gasteiger partial charge on any atom is -0.229 e. The molecule has 0 radical (unpaired) electrons. The third-order valence-corrected chi connectivity index (χ3v) is 3.59. The molecular formula is C16H18N+. The monoisotopic (exact) mass is 224 g/mol. The number of hydrogen-bond acceptors (Lipinski definition) is 0. The van der Waals surface area contributed by atoms with Crippen LogP contribution < -0.4 is 0 Å². The van der Waals surface area contributed by atoms with E-state index < -0.39 is 0 Å². The van der Waals surface area contributed by atoms with Crippen LogP contribution in [-0.4, -0.2) is 16.8 Å². The van der Waals surface area contributed by atoms with Gasteiger partial charge in [-0.05, 0) is 6.42 Å². The van der Waals surface area contributed by atoms with Crippen LogP contribution in [0, 0.1) is 0 Å². The maximum Gasteiger partial charge on any atom is 0.183 e. The first-order valence-corrected chi connectivity index (χ1v) is 6.44. The van der Waals surface area contributed by atoms with E-state index in [-0.39, 0.29) is 0 Å². The molecule has 0 N–H and O–H groups in total. The highest BCUT2D eigenvalue weighted by molar-refractivity contribution is 5.98. The molecule has 0 unspecified atom stereocenters. The number of hydrogen-bond donors (Lipinski definition) is 0. The van der Waals surface area contributed by atoms with Gasteiger partial charge in [-0.1, -0.05) is 48.6 Å². The van der Waals surface area contributed by atoms with Gasteiger partial charge in [-0.25, -0.2) is 4.58 Å². The van der Waals surface area contributed by atoms with Gasteiger partial charge in [0.05, 0.1) is 6.42 Å². The summed E-state index contributed by atoms with van der Waals surface area (Å²) in [5.41, 5.74) is 4.51. The lowest BCUT2D eigenvalue weighted by molar-refractivity contribution is -0.547. The van der Waals surface area contributed by atoms with E-state index in [0.29, 0.717) is 0 Å². The van der Waals surface area contributed by atoms with Crippen molar-refractivity contribution in [3.63, 3.8) is 0 Å². The van der Waals surface area contributed by atoms with Crippen LogP contribution in [0.15, 0.2) is 54.1 Å². The van der Waals surface area contributed by atoms with Crippen molar-refractivity contribution in [2.24, 2.45) is 0 Å². The molecule has 1 aromatic rings. The van der Waals surface area contributed by atoms with Crippen LogP contribution in [0.2, 0.25) is 0 Å². The maximum atomic E-state index is 2.55. The average Bonchev–Trinajstić information content (AvgIpc) is 2.40. The van der Waals surface area contributed by atoms with Crippen molar-refractivity contribution in [1.29, 1.82) is 0 Å². The molecule has 0 atom stereocenters. The third kappa shape index (κ3) is 2.23. The molecule has 1 nitrogen and oxygen atoms in total. The second-order valence-electron chi connectivity index (χ2n) is 4.78. The Bertz CT molecular complexity index is 492. The van der Waals surface area contributed by atoms with Crippen molar-refractivity contribution in [1.82, 2.24) is 0 Å². The topological polar surface area (TPSA) is 3.01 Å². The highest BCUT2D eigenvalue weighted by Crippen LogP contribution is 2.20. The van der Waals surface area contributed by atoms with E-state index in [1.165, 1.54) is 24.9 Å². The van der Waals surface area contributed by atoms with E-state index >= 15 is 0 Å². The van der Waals surface area contributed by atoms with Gasteiger partial charge in [0, 0.05) is 17.6 Å². The van der Waals surface area contributed by atoms with Crippen molar-refractivity contribution in [2.45, 2.75) is 25.8 Å². The first-order valence-electron chi connectivity index (χ1n) is 6.44. The zero-order valence-corrected chi connectivity index (χ0v) is 10.1. The molecule has 1 heteroatoms. The summed E-state index contributed by atoms with van der Waals surface area (Å²) in [6.07, 6.45) is 10.4. The summed E-state index contributed by atoms with van der Waals surface area (Å²) < 4.78 is 2.55. The van der Waals surface area contributed by atoms with Crippen molar-refractivity contribution in [3.8, 4) is 0 Å². The summed E-state index contributed by atoms with van der Waals surface area (Å²) in [5.74, 6) is 0. The average molecular weight is 224 g/mol. The highest BCUT2D eigenvalue weighted by Gasteiger charge is 2.24. The van der Waals surface area contributed by atoms with Gasteiger partial charge in [0.25, 0.3) is 0 Å². The lowest BCUT2D eigenvalue weighted by Crippen LogP contribution is -2.28. The third-order valence-electron chi connectivity index (χ3n) is 3.59. The summed E-state index contributed by atoms with van der Waals surface area (Å²) in [6, 6.07) is 10.8. The van der Waals surface area contributed by atoms with Crippen molar-refractivity contribution in [2.75, 3.05) is 6.54 Å². The molecule has 0 bridgehead atoms. The molecule has 0 fully saturated rings. The highest BCUT2D eigenvalue weighted by atomic mass is 15.0. The molecule has 1 heterocycles. The zero-order valence-electron chi connectivity index (χ0n) is 10.1. The van der Waals surface area contributed by atoms with Gasteiger partial charge in [0.2, 0.25) is 0 Å². The number of nitrogens with zero attached hydrogens (tertiary/aromatic N) is 1. The first-order chi connectivity index (χ1) is 8.43. The molecule has 3 rings (SSSR count). The van der Waals surface area contributed by atoms with Gasteiger partial charge in [-0.3, -0.25) is 0 Å². The van der Waals surface area contributed by atoms with Crippen LogP contribution in [0.5, 0.6) is 0 Å². The number of rotatable bonds is 2. The molecule has 2 aliphatic rings. The Kier molecular flexibility index (Phi) is 2.91. The van der Waals surface area contributed by atoms with Crippen molar-refractivity contribution in [3.05, 3.63) is 59.7 Å². The number of fused-ring (bicyclic) bond motifs is 1. The largest absolute Gasteiger partial charge is 0.229 e. The van der Waals surface area contributed by atoms with Gasteiger partial charge in [0.15, 0.2) is 12.3 Å². The molecule has 0 saturated heterocycles. The SMILES string of the molecule is C1=CCC2=[N+](Cc3ccccc3)CCCC2=C1. The molecule has 1 aliphatic carbocycles. The molecule has 0 amide bonds. The fourth-order valence-electron chi connectivity index (χ4n) is 2.72. The van der Waals surface area contributed by atoms with E-state index in [1.807, 2.05) is 0 Å². The molecule has 0 aromatic heterocycles. The lowest BCUT2D eigenvalue weighted by Gasteiger charge is -2.18. The molecular weight excluding hydrogens is 206 g/mol.